The van der Waals surface area contributed by atoms with Crippen LogP contribution in [0.2, 0.25) is 0 Å². The molecule has 0 fully saturated rings. The lowest BCUT2D eigenvalue weighted by Crippen LogP contribution is -2.36. The van der Waals surface area contributed by atoms with Gasteiger partial charge in [-0.25, -0.2) is 0 Å². The molecule has 2 unspecified atom stereocenters. The zero-order valence-corrected chi connectivity index (χ0v) is 13.2. The number of nitrogens with one attached hydrogen (secondary N) is 1. The summed E-state index contributed by atoms with van der Waals surface area (Å²) in [5.74, 6) is 0. The van der Waals surface area contributed by atoms with Crippen molar-refractivity contribution in [3.8, 4) is 0 Å². The average Bonchev–Trinajstić information content (AvgIpc) is 2.34. The van der Waals surface area contributed by atoms with Crippen molar-refractivity contribution in [2.75, 3.05) is 20.6 Å². The molecule has 0 saturated heterocycles. The molecular weight excluding hydrogens is 232 g/mol. The minimum atomic E-state index is 0.581. The lowest BCUT2D eigenvalue weighted by Gasteiger charge is -2.21. The van der Waals surface area contributed by atoms with E-state index in [0.717, 1.165) is 13.0 Å². The van der Waals surface area contributed by atoms with Gasteiger partial charge in [0.25, 0.3) is 0 Å². The fourth-order valence-corrected chi connectivity index (χ4v) is 2.36. The largest absolute Gasteiger partial charge is 0.312 e. The SMILES string of the molecule is Cc1cccc(CCC(C)NC(C)CCN(C)C)c1. The fourth-order valence-electron chi connectivity index (χ4n) is 2.36. The molecule has 0 radical (unpaired) electrons. The van der Waals surface area contributed by atoms with Crippen LogP contribution in [0.1, 0.15) is 37.8 Å². The van der Waals surface area contributed by atoms with Gasteiger partial charge in [-0.2, -0.15) is 0 Å². The first-order chi connectivity index (χ1) is 8.97. The van der Waals surface area contributed by atoms with Crippen molar-refractivity contribution in [2.45, 2.75) is 52.1 Å². The predicted octanol–water partition coefficient (Wildman–Crippen LogP) is 3.25. The van der Waals surface area contributed by atoms with Crippen LogP contribution in [0.4, 0.5) is 0 Å². The van der Waals surface area contributed by atoms with Crippen LogP contribution in [0.5, 0.6) is 0 Å². The third-order valence-electron chi connectivity index (χ3n) is 3.53. The molecule has 108 valence electrons. The van der Waals surface area contributed by atoms with E-state index in [4.69, 9.17) is 0 Å². The molecule has 1 N–H and O–H groups in total. The summed E-state index contributed by atoms with van der Waals surface area (Å²) in [6.45, 7) is 7.89. The van der Waals surface area contributed by atoms with Gasteiger partial charge in [0.2, 0.25) is 0 Å². The van der Waals surface area contributed by atoms with Gasteiger partial charge in [-0.05, 0) is 66.2 Å². The molecule has 0 aliphatic carbocycles. The van der Waals surface area contributed by atoms with Crippen LogP contribution in [0.25, 0.3) is 0 Å². The molecular formula is C17H30N2. The van der Waals surface area contributed by atoms with Crippen molar-refractivity contribution in [3.63, 3.8) is 0 Å². The van der Waals surface area contributed by atoms with Crippen LogP contribution in [0.3, 0.4) is 0 Å². The lowest BCUT2D eigenvalue weighted by atomic mass is 10.0. The summed E-state index contributed by atoms with van der Waals surface area (Å²) in [7, 11) is 4.27. The highest BCUT2D eigenvalue weighted by Crippen LogP contribution is 2.08. The molecule has 0 spiro atoms. The van der Waals surface area contributed by atoms with E-state index in [-0.39, 0.29) is 0 Å². The Kier molecular flexibility index (Phi) is 7.11. The molecule has 0 amide bonds. The topological polar surface area (TPSA) is 15.3 Å². The molecule has 0 saturated carbocycles. The molecule has 1 aromatic rings. The highest BCUT2D eigenvalue weighted by Gasteiger charge is 2.08. The summed E-state index contributed by atoms with van der Waals surface area (Å²) in [5.41, 5.74) is 2.81. The van der Waals surface area contributed by atoms with E-state index in [1.165, 1.54) is 24.0 Å². The van der Waals surface area contributed by atoms with Crippen molar-refractivity contribution < 1.29 is 0 Å². The minimum absolute atomic E-state index is 0.581. The molecule has 0 aliphatic heterocycles. The van der Waals surface area contributed by atoms with Gasteiger partial charge >= 0.3 is 0 Å². The minimum Gasteiger partial charge on any atom is -0.312 e. The van der Waals surface area contributed by atoms with Crippen molar-refractivity contribution in [2.24, 2.45) is 0 Å². The fraction of sp³-hybridized carbons (Fsp3) is 0.647. The number of nitrogens with zero attached hydrogens (tertiary/aromatic N) is 1. The molecule has 2 nitrogen and oxygen atoms in total. The Morgan fingerprint density at radius 3 is 2.42 bits per heavy atom. The highest BCUT2D eigenvalue weighted by atomic mass is 15.1. The van der Waals surface area contributed by atoms with Gasteiger partial charge in [-0.15, -0.1) is 0 Å². The number of aryl methyl sites for hydroxylation is 2. The van der Waals surface area contributed by atoms with E-state index >= 15 is 0 Å². The molecule has 0 bridgehead atoms. The maximum absolute atomic E-state index is 3.69. The van der Waals surface area contributed by atoms with Crippen molar-refractivity contribution in [1.29, 1.82) is 0 Å². The number of hydrogen-bond donors (Lipinski definition) is 1. The van der Waals surface area contributed by atoms with Crippen LogP contribution >= 0.6 is 0 Å². The predicted molar refractivity (Wildman–Crippen MR) is 84.7 cm³/mol. The maximum atomic E-state index is 3.69. The van der Waals surface area contributed by atoms with Gasteiger partial charge in [-0.1, -0.05) is 29.8 Å². The van der Waals surface area contributed by atoms with Crippen LogP contribution < -0.4 is 5.32 Å². The average molecular weight is 262 g/mol. The van der Waals surface area contributed by atoms with E-state index in [9.17, 15) is 0 Å². The number of hydrogen-bond acceptors (Lipinski definition) is 2. The quantitative estimate of drug-likeness (QED) is 0.773. The van der Waals surface area contributed by atoms with Crippen molar-refractivity contribution in [3.05, 3.63) is 35.4 Å². The number of rotatable bonds is 8. The normalized spacial score (nSPS) is 14.6. The van der Waals surface area contributed by atoms with Crippen LogP contribution in [0.15, 0.2) is 24.3 Å². The Labute approximate surface area is 119 Å². The Hall–Kier alpha value is -0.860. The lowest BCUT2D eigenvalue weighted by molar-refractivity contribution is 0.348. The Balaban J connectivity index is 2.25. The second-order valence-electron chi connectivity index (χ2n) is 6.09. The zero-order chi connectivity index (χ0) is 14.3. The van der Waals surface area contributed by atoms with E-state index in [1.54, 1.807) is 0 Å². The molecule has 1 rings (SSSR count). The first-order valence-corrected chi connectivity index (χ1v) is 7.43. The summed E-state index contributed by atoms with van der Waals surface area (Å²) in [5, 5.41) is 3.69. The standard InChI is InChI=1S/C17H30N2/c1-14-7-6-8-17(13-14)10-9-15(2)18-16(3)11-12-19(4)5/h6-8,13,15-16,18H,9-12H2,1-5H3. The summed E-state index contributed by atoms with van der Waals surface area (Å²) < 4.78 is 0. The van der Waals surface area contributed by atoms with Gasteiger partial charge < -0.3 is 10.2 Å². The van der Waals surface area contributed by atoms with Gasteiger partial charge in [-0.3, -0.25) is 0 Å². The highest BCUT2D eigenvalue weighted by molar-refractivity contribution is 5.22. The van der Waals surface area contributed by atoms with E-state index in [1.807, 2.05) is 0 Å². The first kappa shape index (κ1) is 16.2. The van der Waals surface area contributed by atoms with Crippen LogP contribution in [-0.4, -0.2) is 37.6 Å². The molecule has 2 atom stereocenters. The number of benzene rings is 1. The zero-order valence-electron chi connectivity index (χ0n) is 13.2. The van der Waals surface area contributed by atoms with E-state index in [0.29, 0.717) is 12.1 Å². The molecule has 1 aromatic carbocycles. The smallest absolute Gasteiger partial charge is 0.00533 e. The second kappa shape index (κ2) is 8.34. The van der Waals surface area contributed by atoms with Gasteiger partial charge in [0.05, 0.1) is 0 Å². The van der Waals surface area contributed by atoms with Crippen LogP contribution in [0, 0.1) is 6.92 Å². The monoisotopic (exact) mass is 262 g/mol. The summed E-state index contributed by atoms with van der Waals surface area (Å²) in [6, 6.07) is 10.0. The third kappa shape index (κ3) is 7.34. The van der Waals surface area contributed by atoms with Gasteiger partial charge in [0, 0.05) is 12.1 Å². The summed E-state index contributed by atoms with van der Waals surface area (Å²) in [6.07, 6.45) is 3.58. The van der Waals surface area contributed by atoms with Crippen molar-refractivity contribution >= 4 is 0 Å². The van der Waals surface area contributed by atoms with E-state index in [2.05, 4.69) is 69.3 Å². The van der Waals surface area contributed by atoms with Crippen molar-refractivity contribution in [1.82, 2.24) is 10.2 Å². The molecule has 0 aromatic heterocycles. The first-order valence-electron chi connectivity index (χ1n) is 7.43. The Morgan fingerprint density at radius 2 is 1.79 bits per heavy atom. The molecule has 2 heteroatoms. The Morgan fingerprint density at radius 1 is 1.11 bits per heavy atom. The third-order valence-corrected chi connectivity index (χ3v) is 3.53. The molecule has 19 heavy (non-hydrogen) atoms. The van der Waals surface area contributed by atoms with E-state index < -0.39 is 0 Å². The maximum Gasteiger partial charge on any atom is 0.00533 e. The summed E-state index contributed by atoms with van der Waals surface area (Å²) >= 11 is 0. The van der Waals surface area contributed by atoms with Gasteiger partial charge in [0.15, 0.2) is 0 Å². The van der Waals surface area contributed by atoms with Crippen LogP contribution in [-0.2, 0) is 6.42 Å². The molecule has 0 heterocycles. The van der Waals surface area contributed by atoms with Gasteiger partial charge in [0.1, 0.15) is 0 Å². The summed E-state index contributed by atoms with van der Waals surface area (Å²) in [4.78, 5) is 2.25. The molecule has 0 aliphatic rings. The second-order valence-corrected chi connectivity index (χ2v) is 6.09. The Bertz CT molecular complexity index is 360.